The quantitative estimate of drug-likeness (QED) is 0.855. The highest BCUT2D eigenvalue weighted by molar-refractivity contribution is 5.97. The van der Waals surface area contributed by atoms with Gasteiger partial charge in [-0.05, 0) is 25.3 Å². The Morgan fingerprint density at radius 3 is 2.86 bits per heavy atom. The van der Waals surface area contributed by atoms with Crippen molar-refractivity contribution in [1.29, 1.82) is 0 Å². The Bertz CT molecular complexity index is 563. The van der Waals surface area contributed by atoms with Crippen LogP contribution in [0.2, 0.25) is 0 Å². The molecule has 2 bridgehead atoms. The summed E-state index contributed by atoms with van der Waals surface area (Å²) in [5.41, 5.74) is 1.76. The van der Waals surface area contributed by atoms with Crippen LogP contribution in [0.4, 0.5) is 0 Å². The highest BCUT2D eigenvalue weighted by Crippen LogP contribution is 2.30. The second-order valence-electron chi connectivity index (χ2n) is 6.34. The van der Waals surface area contributed by atoms with Gasteiger partial charge >= 0.3 is 0 Å². The van der Waals surface area contributed by atoms with Crippen molar-refractivity contribution in [2.45, 2.75) is 38.0 Å². The summed E-state index contributed by atoms with van der Waals surface area (Å²) in [5.74, 6) is 0.841. The predicted molar refractivity (Wildman–Crippen MR) is 82.1 cm³/mol. The van der Waals surface area contributed by atoms with Crippen molar-refractivity contribution in [3.05, 3.63) is 29.3 Å². The van der Waals surface area contributed by atoms with E-state index in [9.17, 15) is 4.79 Å². The molecule has 4 rings (SSSR count). The zero-order valence-corrected chi connectivity index (χ0v) is 12.7. The number of fused-ring (bicyclic) bond motifs is 3. The zero-order valence-electron chi connectivity index (χ0n) is 12.7. The Hall–Kier alpha value is -1.59. The van der Waals surface area contributed by atoms with Gasteiger partial charge in [0.25, 0.3) is 5.91 Å². The second-order valence-corrected chi connectivity index (χ2v) is 6.34. The van der Waals surface area contributed by atoms with E-state index in [2.05, 4.69) is 5.32 Å². The fourth-order valence-electron chi connectivity index (χ4n) is 3.66. The lowest BCUT2D eigenvalue weighted by Crippen LogP contribution is -2.52. The molecule has 0 saturated carbocycles. The van der Waals surface area contributed by atoms with Crippen LogP contribution in [0.1, 0.15) is 35.2 Å². The summed E-state index contributed by atoms with van der Waals surface area (Å²) in [5, 5.41) is 3.31. The molecule has 3 heterocycles. The smallest absolute Gasteiger partial charge is 0.257 e. The summed E-state index contributed by atoms with van der Waals surface area (Å²) in [4.78, 5) is 14.9. The number of rotatable bonds is 1. The van der Waals surface area contributed by atoms with Gasteiger partial charge in [-0.3, -0.25) is 4.79 Å². The number of morpholine rings is 1. The monoisotopic (exact) mass is 302 g/mol. The van der Waals surface area contributed by atoms with E-state index in [1.165, 1.54) is 6.42 Å². The van der Waals surface area contributed by atoms with Crippen LogP contribution >= 0.6 is 0 Å². The number of ether oxygens (including phenoxy) is 2. The van der Waals surface area contributed by atoms with Gasteiger partial charge in [0.15, 0.2) is 0 Å². The lowest BCUT2D eigenvalue weighted by Gasteiger charge is -2.41. The minimum absolute atomic E-state index is 0.0824. The lowest BCUT2D eigenvalue weighted by molar-refractivity contribution is -0.104. The van der Waals surface area contributed by atoms with Gasteiger partial charge in [-0.2, -0.15) is 0 Å². The first kappa shape index (κ1) is 14.0. The molecule has 5 nitrogen and oxygen atoms in total. The Kier molecular flexibility index (Phi) is 3.76. The number of nitrogens with one attached hydrogen (secondary N) is 1. The van der Waals surface area contributed by atoms with Gasteiger partial charge < -0.3 is 19.7 Å². The number of likely N-dealkylation sites (tertiary alicyclic amines) is 1. The Labute approximate surface area is 130 Å². The maximum Gasteiger partial charge on any atom is 0.257 e. The van der Waals surface area contributed by atoms with E-state index < -0.39 is 0 Å². The van der Waals surface area contributed by atoms with Crippen LogP contribution in [0.3, 0.4) is 0 Å². The summed E-state index contributed by atoms with van der Waals surface area (Å²) in [6.07, 6.45) is 3.76. The molecular weight excluding hydrogens is 280 g/mol. The molecule has 1 aromatic carbocycles. The summed E-state index contributed by atoms with van der Waals surface area (Å²) < 4.78 is 11.8. The van der Waals surface area contributed by atoms with Gasteiger partial charge in [-0.15, -0.1) is 0 Å². The Balaban J connectivity index is 1.60. The topological polar surface area (TPSA) is 50.8 Å². The lowest BCUT2D eigenvalue weighted by atomic mass is 9.98. The number of carbonyl (C=O) groups is 1. The van der Waals surface area contributed by atoms with E-state index in [1.54, 1.807) is 0 Å². The SMILES string of the molecule is O=C(c1cccc2c1OCCNC2)N1CC2CCCC(C1)O2. The van der Waals surface area contributed by atoms with Crippen molar-refractivity contribution >= 4 is 5.91 Å². The van der Waals surface area contributed by atoms with Gasteiger partial charge in [-0.25, -0.2) is 0 Å². The average Bonchev–Trinajstić information content (AvgIpc) is 2.79. The van der Waals surface area contributed by atoms with Crippen LogP contribution < -0.4 is 10.1 Å². The number of carbonyl (C=O) groups excluding carboxylic acids is 1. The van der Waals surface area contributed by atoms with Crippen LogP contribution in [-0.2, 0) is 11.3 Å². The number of nitrogens with zero attached hydrogens (tertiary/aromatic N) is 1. The molecule has 0 aromatic heterocycles. The minimum Gasteiger partial charge on any atom is -0.491 e. The fraction of sp³-hybridized carbons (Fsp3) is 0.588. The molecule has 118 valence electrons. The number of amides is 1. The molecule has 1 N–H and O–H groups in total. The van der Waals surface area contributed by atoms with Gasteiger partial charge in [0, 0.05) is 31.7 Å². The average molecular weight is 302 g/mol. The summed E-state index contributed by atoms with van der Waals surface area (Å²) in [6.45, 7) is 3.58. The van der Waals surface area contributed by atoms with Crippen LogP contribution in [0, 0.1) is 0 Å². The molecule has 0 radical (unpaired) electrons. The third-order valence-electron chi connectivity index (χ3n) is 4.74. The number of para-hydroxylation sites is 1. The number of hydrogen-bond donors (Lipinski definition) is 1. The summed E-state index contributed by atoms with van der Waals surface area (Å²) in [7, 11) is 0. The normalized spacial score (nSPS) is 27.5. The Morgan fingerprint density at radius 1 is 1.23 bits per heavy atom. The van der Waals surface area contributed by atoms with E-state index in [4.69, 9.17) is 9.47 Å². The highest BCUT2D eigenvalue weighted by atomic mass is 16.5. The van der Waals surface area contributed by atoms with Crippen molar-refractivity contribution in [2.75, 3.05) is 26.2 Å². The third kappa shape index (κ3) is 2.59. The number of hydrogen-bond acceptors (Lipinski definition) is 4. The molecule has 3 aliphatic heterocycles. The van der Waals surface area contributed by atoms with Gasteiger partial charge in [0.05, 0.1) is 17.8 Å². The largest absolute Gasteiger partial charge is 0.491 e. The second kappa shape index (κ2) is 5.89. The van der Waals surface area contributed by atoms with Crippen LogP contribution in [0.15, 0.2) is 18.2 Å². The van der Waals surface area contributed by atoms with E-state index in [0.717, 1.165) is 37.2 Å². The molecule has 0 aliphatic carbocycles. The van der Waals surface area contributed by atoms with Crippen LogP contribution in [-0.4, -0.2) is 49.3 Å². The first-order valence-electron chi connectivity index (χ1n) is 8.21. The van der Waals surface area contributed by atoms with E-state index in [1.807, 2.05) is 23.1 Å². The first-order chi connectivity index (χ1) is 10.8. The molecule has 2 atom stereocenters. The molecule has 3 aliphatic rings. The first-order valence-corrected chi connectivity index (χ1v) is 8.21. The molecule has 2 fully saturated rings. The maximum atomic E-state index is 13.0. The van der Waals surface area contributed by atoms with Gasteiger partial charge in [-0.1, -0.05) is 12.1 Å². The van der Waals surface area contributed by atoms with Crippen LogP contribution in [0.5, 0.6) is 5.75 Å². The molecule has 2 unspecified atom stereocenters. The summed E-state index contributed by atoms with van der Waals surface area (Å²) in [6, 6.07) is 5.86. The highest BCUT2D eigenvalue weighted by Gasteiger charge is 2.34. The molecule has 2 saturated heterocycles. The third-order valence-corrected chi connectivity index (χ3v) is 4.74. The zero-order chi connectivity index (χ0) is 14.9. The van der Waals surface area contributed by atoms with Crippen molar-refractivity contribution in [2.24, 2.45) is 0 Å². The predicted octanol–water partition coefficient (Wildman–Crippen LogP) is 1.56. The van der Waals surface area contributed by atoms with Crippen molar-refractivity contribution in [1.82, 2.24) is 10.2 Å². The standard InChI is InChI=1S/C17H22N2O3/c20-17(19-10-13-4-2-5-14(11-19)22-13)15-6-1-3-12-9-18-7-8-21-16(12)15/h1,3,6,13-14,18H,2,4-5,7-11H2. The molecule has 22 heavy (non-hydrogen) atoms. The van der Waals surface area contributed by atoms with Gasteiger partial charge in [0.1, 0.15) is 12.4 Å². The molecule has 1 amide bonds. The van der Waals surface area contributed by atoms with E-state index in [-0.39, 0.29) is 18.1 Å². The minimum atomic E-state index is 0.0824. The van der Waals surface area contributed by atoms with Crippen molar-refractivity contribution in [3.63, 3.8) is 0 Å². The van der Waals surface area contributed by atoms with E-state index in [0.29, 0.717) is 25.3 Å². The number of benzene rings is 1. The molecule has 1 aromatic rings. The van der Waals surface area contributed by atoms with Crippen molar-refractivity contribution < 1.29 is 14.3 Å². The maximum absolute atomic E-state index is 13.0. The van der Waals surface area contributed by atoms with Crippen molar-refractivity contribution in [3.8, 4) is 5.75 Å². The van der Waals surface area contributed by atoms with Gasteiger partial charge in [0.2, 0.25) is 0 Å². The molecular formula is C17H22N2O3. The summed E-state index contributed by atoms with van der Waals surface area (Å²) >= 11 is 0. The Morgan fingerprint density at radius 2 is 2.05 bits per heavy atom. The van der Waals surface area contributed by atoms with E-state index >= 15 is 0 Å². The van der Waals surface area contributed by atoms with Crippen LogP contribution in [0.25, 0.3) is 0 Å². The fourth-order valence-corrected chi connectivity index (χ4v) is 3.66. The molecule has 0 spiro atoms. The molecule has 5 heteroatoms.